The minimum atomic E-state index is 0.0584. The molecule has 0 aromatic heterocycles. The van der Waals surface area contributed by atoms with E-state index in [0.717, 1.165) is 11.3 Å². The lowest BCUT2D eigenvalue weighted by Crippen LogP contribution is -2.21. The second kappa shape index (κ2) is 5.62. The molecule has 78 valence electrons. The van der Waals surface area contributed by atoms with Crippen LogP contribution in [0.5, 0.6) is 0 Å². The van der Waals surface area contributed by atoms with Crippen molar-refractivity contribution in [3.8, 4) is 0 Å². The molecule has 1 aromatic carbocycles. The molecule has 1 rings (SSSR count). The summed E-state index contributed by atoms with van der Waals surface area (Å²) in [7, 11) is 1.68. The number of para-hydroxylation sites is 1. The predicted molar refractivity (Wildman–Crippen MR) is 57.3 cm³/mol. The molecule has 1 atom stereocenters. The van der Waals surface area contributed by atoms with Crippen LogP contribution in [0.4, 0.5) is 5.69 Å². The first-order valence-corrected chi connectivity index (χ1v) is 4.72. The summed E-state index contributed by atoms with van der Waals surface area (Å²) in [5.74, 6) is 0. The van der Waals surface area contributed by atoms with Gasteiger partial charge in [-0.2, -0.15) is 0 Å². The van der Waals surface area contributed by atoms with Crippen LogP contribution in [0, 0.1) is 0 Å². The Morgan fingerprint density at radius 3 is 2.79 bits per heavy atom. The maximum Gasteiger partial charge on any atom is 0.0701 e. The lowest BCUT2D eigenvalue weighted by molar-refractivity contribution is 0.190. The van der Waals surface area contributed by atoms with E-state index in [1.165, 1.54) is 0 Å². The van der Waals surface area contributed by atoms with Gasteiger partial charge in [-0.15, -0.1) is 0 Å². The largest absolute Gasteiger partial charge is 0.392 e. The van der Waals surface area contributed by atoms with Crippen LogP contribution in [0.3, 0.4) is 0 Å². The highest BCUT2D eigenvalue weighted by molar-refractivity contribution is 5.51. The third-order valence-corrected chi connectivity index (χ3v) is 2.01. The van der Waals surface area contributed by atoms with Gasteiger partial charge in [0.25, 0.3) is 0 Å². The van der Waals surface area contributed by atoms with Crippen molar-refractivity contribution < 1.29 is 9.84 Å². The van der Waals surface area contributed by atoms with Crippen LogP contribution in [-0.2, 0) is 11.3 Å². The molecule has 0 aliphatic carbocycles. The first-order chi connectivity index (χ1) is 6.77. The Morgan fingerprint density at radius 2 is 2.14 bits per heavy atom. The molecule has 0 bridgehead atoms. The van der Waals surface area contributed by atoms with Crippen molar-refractivity contribution in [2.45, 2.75) is 19.6 Å². The molecule has 14 heavy (non-hydrogen) atoms. The maximum absolute atomic E-state index is 9.09. The van der Waals surface area contributed by atoms with E-state index in [0.29, 0.717) is 6.61 Å². The molecule has 1 unspecified atom stereocenters. The monoisotopic (exact) mass is 195 g/mol. The zero-order valence-corrected chi connectivity index (χ0v) is 8.66. The number of aliphatic hydroxyl groups is 1. The van der Waals surface area contributed by atoms with Crippen LogP contribution in [0.25, 0.3) is 0 Å². The Kier molecular flexibility index (Phi) is 4.43. The molecule has 3 heteroatoms. The zero-order chi connectivity index (χ0) is 10.4. The molecule has 0 aliphatic rings. The summed E-state index contributed by atoms with van der Waals surface area (Å²) >= 11 is 0. The summed E-state index contributed by atoms with van der Waals surface area (Å²) < 4.78 is 5.02. The molecule has 0 saturated carbocycles. The van der Waals surface area contributed by atoms with E-state index >= 15 is 0 Å². The molecular weight excluding hydrogens is 178 g/mol. The van der Waals surface area contributed by atoms with Crippen LogP contribution in [-0.4, -0.2) is 24.9 Å². The number of hydrogen-bond donors (Lipinski definition) is 2. The Balaban J connectivity index is 2.65. The standard InChI is InChI=1S/C11H17NO2/c1-9(8-14-2)12-11-6-4-3-5-10(11)7-13/h3-6,9,12-13H,7-8H2,1-2H3. The van der Waals surface area contributed by atoms with Gasteiger partial charge in [-0.05, 0) is 13.0 Å². The fourth-order valence-electron chi connectivity index (χ4n) is 1.36. The third-order valence-electron chi connectivity index (χ3n) is 2.01. The Hall–Kier alpha value is -1.06. The van der Waals surface area contributed by atoms with Crippen molar-refractivity contribution in [3.05, 3.63) is 29.8 Å². The van der Waals surface area contributed by atoms with Crippen molar-refractivity contribution in [3.63, 3.8) is 0 Å². The Morgan fingerprint density at radius 1 is 1.43 bits per heavy atom. The first kappa shape index (κ1) is 11.0. The second-order valence-electron chi connectivity index (χ2n) is 3.32. The number of nitrogens with one attached hydrogen (secondary N) is 1. The average molecular weight is 195 g/mol. The van der Waals surface area contributed by atoms with E-state index in [2.05, 4.69) is 5.32 Å². The maximum atomic E-state index is 9.09. The van der Waals surface area contributed by atoms with Crippen molar-refractivity contribution in [2.24, 2.45) is 0 Å². The number of methoxy groups -OCH3 is 1. The van der Waals surface area contributed by atoms with Crippen molar-refractivity contribution in [1.29, 1.82) is 0 Å². The van der Waals surface area contributed by atoms with Gasteiger partial charge in [0.05, 0.1) is 13.2 Å². The average Bonchev–Trinajstić information content (AvgIpc) is 2.19. The molecule has 0 radical (unpaired) electrons. The second-order valence-corrected chi connectivity index (χ2v) is 3.32. The Labute approximate surface area is 84.7 Å². The summed E-state index contributed by atoms with van der Waals surface area (Å²) in [5, 5.41) is 12.4. The molecular formula is C11H17NO2. The van der Waals surface area contributed by atoms with Gasteiger partial charge in [0.2, 0.25) is 0 Å². The van der Waals surface area contributed by atoms with Gasteiger partial charge in [0, 0.05) is 24.4 Å². The highest BCUT2D eigenvalue weighted by Crippen LogP contribution is 2.15. The topological polar surface area (TPSA) is 41.5 Å². The van der Waals surface area contributed by atoms with Gasteiger partial charge in [0.15, 0.2) is 0 Å². The molecule has 0 spiro atoms. The number of rotatable bonds is 5. The number of anilines is 1. The normalized spacial score (nSPS) is 12.5. The number of benzene rings is 1. The minimum absolute atomic E-state index is 0.0584. The number of hydrogen-bond acceptors (Lipinski definition) is 3. The number of ether oxygens (including phenoxy) is 1. The fraction of sp³-hybridized carbons (Fsp3) is 0.455. The zero-order valence-electron chi connectivity index (χ0n) is 8.66. The Bertz CT molecular complexity index is 276. The van der Waals surface area contributed by atoms with Gasteiger partial charge >= 0.3 is 0 Å². The molecule has 2 N–H and O–H groups in total. The SMILES string of the molecule is COCC(C)Nc1ccccc1CO. The van der Waals surface area contributed by atoms with Crippen molar-refractivity contribution in [1.82, 2.24) is 0 Å². The van der Waals surface area contributed by atoms with Crippen LogP contribution < -0.4 is 5.32 Å². The third kappa shape index (κ3) is 3.01. The smallest absolute Gasteiger partial charge is 0.0701 e. The highest BCUT2D eigenvalue weighted by atomic mass is 16.5. The quantitative estimate of drug-likeness (QED) is 0.750. The van der Waals surface area contributed by atoms with E-state index in [4.69, 9.17) is 9.84 Å². The molecule has 0 saturated heterocycles. The van der Waals surface area contributed by atoms with Crippen LogP contribution in [0.2, 0.25) is 0 Å². The molecule has 0 aliphatic heterocycles. The molecule has 3 nitrogen and oxygen atoms in total. The minimum Gasteiger partial charge on any atom is -0.392 e. The summed E-state index contributed by atoms with van der Waals surface area (Å²) in [6, 6.07) is 7.96. The summed E-state index contributed by atoms with van der Waals surface area (Å²) in [4.78, 5) is 0. The number of aliphatic hydroxyl groups excluding tert-OH is 1. The van der Waals surface area contributed by atoms with Crippen molar-refractivity contribution in [2.75, 3.05) is 19.0 Å². The summed E-state index contributed by atoms with van der Waals surface area (Å²) in [6.45, 7) is 2.75. The van der Waals surface area contributed by atoms with Gasteiger partial charge in [-0.3, -0.25) is 0 Å². The lowest BCUT2D eigenvalue weighted by atomic mass is 10.1. The van der Waals surface area contributed by atoms with E-state index in [-0.39, 0.29) is 12.6 Å². The van der Waals surface area contributed by atoms with Gasteiger partial charge in [-0.25, -0.2) is 0 Å². The molecule has 0 fully saturated rings. The van der Waals surface area contributed by atoms with Gasteiger partial charge in [0.1, 0.15) is 0 Å². The first-order valence-electron chi connectivity index (χ1n) is 4.72. The molecule has 1 aromatic rings. The van der Waals surface area contributed by atoms with Crippen LogP contribution in [0.1, 0.15) is 12.5 Å². The summed E-state index contributed by atoms with van der Waals surface area (Å²) in [6.07, 6.45) is 0. The van der Waals surface area contributed by atoms with Crippen LogP contribution in [0.15, 0.2) is 24.3 Å². The predicted octanol–water partition coefficient (Wildman–Crippen LogP) is 1.63. The van der Waals surface area contributed by atoms with Crippen LogP contribution >= 0.6 is 0 Å². The van der Waals surface area contributed by atoms with Gasteiger partial charge < -0.3 is 15.2 Å². The lowest BCUT2D eigenvalue weighted by Gasteiger charge is -2.16. The van der Waals surface area contributed by atoms with Gasteiger partial charge in [-0.1, -0.05) is 18.2 Å². The van der Waals surface area contributed by atoms with Crippen molar-refractivity contribution >= 4 is 5.69 Å². The van der Waals surface area contributed by atoms with E-state index < -0.39 is 0 Å². The fourth-order valence-corrected chi connectivity index (χ4v) is 1.36. The van der Waals surface area contributed by atoms with E-state index in [1.54, 1.807) is 7.11 Å². The van der Waals surface area contributed by atoms with E-state index in [9.17, 15) is 0 Å². The van der Waals surface area contributed by atoms with E-state index in [1.807, 2.05) is 31.2 Å². The highest BCUT2D eigenvalue weighted by Gasteiger charge is 2.04. The molecule has 0 heterocycles. The molecule has 0 amide bonds. The summed E-state index contributed by atoms with van der Waals surface area (Å²) in [5.41, 5.74) is 1.88.